The SMILES string of the molecule is CC1=Cc2cc(C(=O)O)ccc2C1.CC1=Cc2ccc(C(=O)O)cc2C1.CC1=Cc2cccc(C(=O)O)c2C1.Cc1cc2ccc(C(=O)O)cc2o1.Cc1ccc2c(C(=O)O)c[nH]c2c1.Cc1ccc2c(C)coc2c1.Cc1ccc2cc(C(=O)O)oc2c1.Cc1ccc2oc(C(=O)O)cc2c1. The van der Waals surface area contributed by atoms with E-state index in [0.717, 1.165) is 102 Å². The molecule has 0 unspecified atom stereocenters. The number of allylic oxidation sites excluding steroid dienone is 3. The first-order valence-electron chi connectivity index (χ1n) is 32.0. The Balaban J connectivity index is 0.000000136. The number of hydrogen-bond acceptors (Lipinski definition) is 11. The van der Waals surface area contributed by atoms with Crippen molar-refractivity contribution in [3.05, 3.63) is 299 Å². The van der Waals surface area contributed by atoms with Crippen LogP contribution < -0.4 is 0 Å². The van der Waals surface area contributed by atoms with E-state index in [2.05, 4.69) is 57.0 Å². The van der Waals surface area contributed by atoms with Gasteiger partial charge in [-0.1, -0.05) is 113 Å². The Bertz CT molecular complexity index is 5380. The second kappa shape index (κ2) is 32.1. The zero-order valence-corrected chi connectivity index (χ0v) is 57.2. The molecule has 0 amide bonds. The molecule has 8 N–H and O–H groups in total. The van der Waals surface area contributed by atoms with Crippen LogP contribution in [0.1, 0.15) is 161 Å². The maximum atomic E-state index is 10.8. The minimum absolute atomic E-state index is 0.0133. The highest BCUT2D eigenvalue weighted by Crippen LogP contribution is 2.30. The number of aromatic carboxylic acids is 7. The van der Waals surface area contributed by atoms with E-state index in [0.29, 0.717) is 39.0 Å². The molecule has 102 heavy (non-hydrogen) atoms. The van der Waals surface area contributed by atoms with Crippen molar-refractivity contribution in [3.8, 4) is 0 Å². The van der Waals surface area contributed by atoms with Crippen molar-refractivity contribution in [3.63, 3.8) is 0 Å². The van der Waals surface area contributed by atoms with E-state index in [4.69, 9.17) is 53.4 Å². The number of aromatic amines is 1. The summed E-state index contributed by atoms with van der Waals surface area (Å²) in [6.07, 6.45) is 12.1. The van der Waals surface area contributed by atoms with Crippen LogP contribution in [0.3, 0.4) is 0 Å². The van der Waals surface area contributed by atoms with Crippen LogP contribution >= 0.6 is 0 Å². The van der Waals surface area contributed by atoms with Crippen LogP contribution in [-0.2, 0) is 19.3 Å². The highest BCUT2D eigenvalue weighted by Gasteiger charge is 2.19. The lowest BCUT2D eigenvalue weighted by molar-refractivity contribution is 0.0655. The number of aryl methyl sites for hydroxylation is 6. The van der Waals surface area contributed by atoms with Crippen LogP contribution in [0.2, 0.25) is 0 Å². The Morgan fingerprint density at radius 3 is 1.54 bits per heavy atom. The van der Waals surface area contributed by atoms with Crippen molar-refractivity contribution in [2.24, 2.45) is 0 Å². The Morgan fingerprint density at radius 1 is 0.363 bits per heavy atom. The number of carbonyl (C=O) groups is 7. The summed E-state index contributed by atoms with van der Waals surface area (Å²) in [6, 6.07) is 48.8. The molecule has 8 aromatic carbocycles. The van der Waals surface area contributed by atoms with Gasteiger partial charge in [0.15, 0.2) is 0 Å². The zero-order valence-electron chi connectivity index (χ0n) is 57.2. The van der Waals surface area contributed by atoms with Gasteiger partial charge in [-0.3, -0.25) is 0 Å². The quantitative estimate of drug-likeness (QED) is 0.0735. The molecule has 13 aromatic rings. The predicted molar refractivity (Wildman–Crippen MR) is 392 cm³/mol. The molecule has 0 aliphatic heterocycles. The minimum Gasteiger partial charge on any atom is -0.478 e. The molecule has 19 nitrogen and oxygen atoms in total. The van der Waals surface area contributed by atoms with Crippen molar-refractivity contribution < 1.29 is 87.0 Å². The molecule has 0 atom stereocenters. The average Bonchev–Trinajstić information content (AvgIpc) is 1.68. The number of carboxylic acid groups (broad SMARTS) is 7. The Hall–Kier alpha value is -13.0. The summed E-state index contributed by atoms with van der Waals surface area (Å²) in [5, 5.41) is 65.9. The van der Waals surface area contributed by atoms with Crippen LogP contribution in [0.5, 0.6) is 0 Å². The van der Waals surface area contributed by atoms with Gasteiger partial charge in [-0.15, -0.1) is 0 Å². The average molecular weight is 1370 g/mol. The largest absolute Gasteiger partial charge is 0.478 e. The van der Waals surface area contributed by atoms with Gasteiger partial charge in [0.2, 0.25) is 11.5 Å². The van der Waals surface area contributed by atoms with Gasteiger partial charge in [0, 0.05) is 38.6 Å². The molecule has 0 fully saturated rings. The molecule has 0 bridgehead atoms. The Kier molecular flexibility index (Phi) is 23.0. The van der Waals surface area contributed by atoms with E-state index in [1.54, 1.807) is 60.9 Å². The third-order valence-corrected chi connectivity index (χ3v) is 16.5. The number of hydrogen-bond donors (Lipinski definition) is 8. The molecular weight excluding hydrogens is 1300 g/mol. The number of nitrogens with one attached hydrogen (secondary N) is 1. The molecular formula is C83H73NO18. The molecule has 0 saturated heterocycles. The maximum Gasteiger partial charge on any atom is 0.371 e. The Labute approximate surface area is 584 Å². The first-order valence-corrected chi connectivity index (χ1v) is 32.0. The smallest absolute Gasteiger partial charge is 0.371 e. The summed E-state index contributed by atoms with van der Waals surface area (Å²) in [4.78, 5) is 77.6. The minimum atomic E-state index is -1.03. The van der Waals surface area contributed by atoms with Gasteiger partial charge in [0.1, 0.15) is 28.1 Å². The van der Waals surface area contributed by atoms with E-state index in [1.807, 2.05) is 120 Å². The zero-order chi connectivity index (χ0) is 73.8. The lowest BCUT2D eigenvalue weighted by Crippen LogP contribution is -2.01. The van der Waals surface area contributed by atoms with Crippen molar-refractivity contribution in [2.75, 3.05) is 0 Å². The molecule has 5 aromatic heterocycles. The van der Waals surface area contributed by atoms with Crippen LogP contribution in [0.4, 0.5) is 0 Å². The van der Waals surface area contributed by atoms with Crippen LogP contribution in [0.25, 0.3) is 73.0 Å². The third-order valence-electron chi connectivity index (χ3n) is 16.5. The first kappa shape index (κ1) is 73.2. The number of benzene rings is 8. The molecule has 19 heteroatoms. The first-order chi connectivity index (χ1) is 48.5. The van der Waals surface area contributed by atoms with Gasteiger partial charge < -0.3 is 58.4 Å². The molecule has 5 heterocycles. The van der Waals surface area contributed by atoms with Gasteiger partial charge in [0.05, 0.1) is 34.1 Å². The normalized spacial score (nSPS) is 11.8. The summed E-state index contributed by atoms with van der Waals surface area (Å²) in [5.74, 6) is -5.68. The van der Waals surface area contributed by atoms with Crippen LogP contribution in [0, 0.1) is 41.5 Å². The maximum absolute atomic E-state index is 10.8. The highest BCUT2D eigenvalue weighted by molar-refractivity contribution is 6.03. The van der Waals surface area contributed by atoms with Gasteiger partial charge in [0.25, 0.3) is 0 Å². The Morgan fingerprint density at radius 2 is 0.873 bits per heavy atom. The predicted octanol–water partition coefficient (Wildman–Crippen LogP) is 19.6. The molecule has 3 aliphatic carbocycles. The number of fused-ring (bicyclic) bond motifs is 8. The van der Waals surface area contributed by atoms with Gasteiger partial charge in [-0.05, 0) is 228 Å². The van der Waals surface area contributed by atoms with Crippen molar-refractivity contribution in [1.29, 1.82) is 0 Å². The van der Waals surface area contributed by atoms with Gasteiger partial charge in [-0.25, -0.2) is 33.6 Å². The van der Waals surface area contributed by atoms with Crippen LogP contribution in [-0.4, -0.2) is 82.5 Å². The number of carboxylic acids is 7. The third kappa shape index (κ3) is 18.6. The number of aromatic nitrogens is 1. The topological polar surface area (TPSA) is 329 Å². The van der Waals surface area contributed by atoms with E-state index in [9.17, 15) is 33.6 Å². The number of furan rings is 4. The second-order valence-corrected chi connectivity index (χ2v) is 24.9. The van der Waals surface area contributed by atoms with Crippen molar-refractivity contribution >= 4 is 115 Å². The molecule has 0 spiro atoms. The van der Waals surface area contributed by atoms with Crippen molar-refractivity contribution in [1.82, 2.24) is 4.98 Å². The number of H-pyrrole nitrogens is 1. The van der Waals surface area contributed by atoms with E-state index in [1.165, 1.54) is 63.2 Å². The van der Waals surface area contributed by atoms with Crippen LogP contribution in [0.15, 0.2) is 211 Å². The fourth-order valence-corrected chi connectivity index (χ4v) is 11.5. The number of rotatable bonds is 7. The van der Waals surface area contributed by atoms with E-state index < -0.39 is 41.8 Å². The molecule has 0 saturated carbocycles. The summed E-state index contributed by atoms with van der Waals surface area (Å²) in [6.45, 7) is 17.9. The molecule has 16 rings (SSSR count). The summed E-state index contributed by atoms with van der Waals surface area (Å²) in [5.41, 5.74) is 21.6. The summed E-state index contributed by atoms with van der Waals surface area (Å²) in [7, 11) is 0. The van der Waals surface area contributed by atoms with Gasteiger partial charge in [-0.2, -0.15) is 0 Å². The molecule has 0 radical (unpaired) electrons. The second-order valence-electron chi connectivity index (χ2n) is 24.9. The highest BCUT2D eigenvalue weighted by atomic mass is 16.4. The van der Waals surface area contributed by atoms with Crippen molar-refractivity contribution in [2.45, 2.75) is 81.6 Å². The van der Waals surface area contributed by atoms with E-state index >= 15 is 0 Å². The lowest BCUT2D eigenvalue weighted by atomic mass is 10.0. The van der Waals surface area contributed by atoms with E-state index in [-0.39, 0.29) is 17.1 Å². The lowest BCUT2D eigenvalue weighted by Gasteiger charge is -2.02. The summed E-state index contributed by atoms with van der Waals surface area (Å²) >= 11 is 0. The standard InChI is InChI=1S/3C11H10O2.C10H9NO2.3C10H8O3.C10H10O/c2*1-7-4-8-2-3-9(11(12)13)6-10(8)5-7;1-7-5-8-3-2-4-9(11(12)13)10(8)6-7;1-6-2-3-7-8(10(12)13)5-11-9(7)4-6;1-6-4-7-2-3-8(10(11)12)5-9(7)13-6;1-6-2-3-8-7(4-6)5-9(13-8)10(11)12;1-6-2-3-7-5-9(10(11)12)13-8(7)4-6;1-7-3-4-9-8(2)6-11-10(9)5-7/h2-3,5-6H,4H2,1H3,(H,12,13);2-4,6H,5H2,1H3,(H,12,13);2-5H,6H2,1H3,(H,12,13);2-5,11H,1H3,(H,12,13);3*2-5H,1H3,(H,11,12);3-6H,1-2H3. The van der Waals surface area contributed by atoms with Gasteiger partial charge >= 0.3 is 41.8 Å². The molecule has 3 aliphatic rings. The summed E-state index contributed by atoms with van der Waals surface area (Å²) < 4.78 is 20.8. The fraction of sp³-hybridized carbons (Fsp3) is 0.145. The molecule has 518 valence electrons. The fourth-order valence-electron chi connectivity index (χ4n) is 11.5. The monoisotopic (exact) mass is 1370 g/mol.